The lowest BCUT2D eigenvalue weighted by atomic mass is 9.95. The lowest BCUT2D eigenvalue weighted by Gasteiger charge is -2.27. The van der Waals surface area contributed by atoms with Gasteiger partial charge in [-0.25, -0.2) is 26.7 Å². The highest BCUT2D eigenvalue weighted by molar-refractivity contribution is 7.89. The maximum Gasteiger partial charge on any atom is 0.328 e. The molecule has 0 fully saturated rings. The van der Waals surface area contributed by atoms with Crippen LogP contribution >= 0.6 is 0 Å². The molecule has 1 aromatic heterocycles. The fourth-order valence-electron chi connectivity index (χ4n) is 3.14. The van der Waals surface area contributed by atoms with Gasteiger partial charge in [-0.1, -0.05) is 30.3 Å². The predicted octanol–water partition coefficient (Wildman–Crippen LogP) is 2.44. The zero-order valence-corrected chi connectivity index (χ0v) is 18.7. The molecule has 0 aliphatic rings. The SMILES string of the molecule is CC(C)(NS(=O)(=O)c1cccc(OCC(F)F)c1)c1ccc(Cn2ccc(=O)[nH]c2=O)cc1. The molecule has 176 valence electrons. The smallest absolute Gasteiger partial charge is 0.328 e. The van der Waals surface area contributed by atoms with Gasteiger partial charge in [-0.2, -0.15) is 0 Å². The molecule has 0 aliphatic heterocycles. The van der Waals surface area contributed by atoms with E-state index in [9.17, 15) is 26.8 Å². The number of nitrogens with one attached hydrogen (secondary N) is 2. The van der Waals surface area contributed by atoms with E-state index in [1.165, 1.54) is 41.1 Å². The summed E-state index contributed by atoms with van der Waals surface area (Å²) in [6.07, 6.45) is -1.28. The number of halogens is 2. The summed E-state index contributed by atoms with van der Waals surface area (Å²) in [7, 11) is -3.99. The fraction of sp³-hybridized carbons (Fsp3) is 0.273. The minimum atomic E-state index is -3.99. The average Bonchev–Trinajstić information content (AvgIpc) is 2.74. The number of aromatic amines is 1. The third-order valence-corrected chi connectivity index (χ3v) is 6.46. The number of sulfonamides is 1. The van der Waals surface area contributed by atoms with Crippen molar-refractivity contribution in [3.05, 3.63) is 92.8 Å². The summed E-state index contributed by atoms with van der Waals surface area (Å²) in [4.78, 5) is 25.1. The first kappa shape index (κ1) is 24.3. The second-order valence-corrected chi connectivity index (χ2v) is 9.52. The molecule has 3 rings (SSSR count). The fourth-order valence-corrected chi connectivity index (χ4v) is 4.57. The highest BCUT2D eigenvalue weighted by Crippen LogP contribution is 2.25. The molecule has 2 N–H and O–H groups in total. The van der Waals surface area contributed by atoms with Crippen molar-refractivity contribution in [2.75, 3.05) is 6.61 Å². The second kappa shape index (κ2) is 9.67. The van der Waals surface area contributed by atoms with Crippen LogP contribution < -0.4 is 20.7 Å². The minimum Gasteiger partial charge on any atom is -0.488 e. The number of benzene rings is 2. The summed E-state index contributed by atoms with van der Waals surface area (Å²) in [6, 6.07) is 13.6. The summed E-state index contributed by atoms with van der Waals surface area (Å²) in [5.41, 5.74) is -0.582. The van der Waals surface area contributed by atoms with Gasteiger partial charge in [0.2, 0.25) is 10.0 Å². The van der Waals surface area contributed by atoms with Crippen molar-refractivity contribution >= 4 is 10.0 Å². The monoisotopic (exact) mass is 479 g/mol. The molecule has 11 heteroatoms. The summed E-state index contributed by atoms with van der Waals surface area (Å²) in [5, 5.41) is 0. The van der Waals surface area contributed by atoms with E-state index in [1.807, 2.05) is 0 Å². The van der Waals surface area contributed by atoms with E-state index in [2.05, 4.69) is 9.71 Å². The molecular weight excluding hydrogens is 456 g/mol. The Bertz CT molecular complexity index is 1330. The Morgan fingerprint density at radius 3 is 2.42 bits per heavy atom. The van der Waals surface area contributed by atoms with Crippen LogP contribution in [0.15, 0.2) is 75.3 Å². The Morgan fingerprint density at radius 1 is 1.09 bits per heavy atom. The van der Waals surface area contributed by atoms with Gasteiger partial charge in [-0.15, -0.1) is 0 Å². The number of ether oxygens (including phenoxy) is 1. The van der Waals surface area contributed by atoms with Crippen molar-refractivity contribution < 1.29 is 21.9 Å². The first-order chi connectivity index (χ1) is 15.5. The highest BCUT2D eigenvalue weighted by Gasteiger charge is 2.28. The van der Waals surface area contributed by atoms with Crippen LogP contribution in [-0.2, 0) is 22.1 Å². The van der Waals surface area contributed by atoms with Gasteiger partial charge in [0.05, 0.1) is 17.0 Å². The van der Waals surface area contributed by atoms with E-state index in [1.54, 1.807) is 38.1 Å². The number of hydrogen-bond donors (Lipinski definition) is 2. The predicted molar refractivity (Wildman–Crippen MR) is 118 cm³/mol. The van der Waals surface area contributed by atoms with E-state index in [-0.39, 0.29) is 17.2 Å². The molecule has 0 saturated carbocycles. The van der Waals surface area contributed by atoms with Gasteiger partial charge in [-0.05, 0) is 37.1 Å². The van der Waals surface area contributed by atoms with Crippen LogP contribution in [0.1, 0.15) is 25.0 Å². The number of aromatic nitrogens is 2. The molecule has 8 nitrogen and oxygen atoms in total. The van der Waals surface area contributed by atoms with Crippen molar-refractivity contribution in [2.45, 2.75) is 37.3 Å². The number of alkyl halides is 2. The van der Waals surface area contributed by atoms with Crippen LogP contribution in [0, 0.1) is 0 Å². The Kier molecular flexibility index (Phi) is 7.13. The van der Waals surface area contributed by atoms with Crippen molar-refractivity contribution in [2.24, 2.45) is 0 Å². The zero-order chi connectivity index (χ0) is 24.2. The van der Waals surface area contributed by atoms with Crippen LogP contribution in [0.4, 0.5) is 8.78 Å². The summed E-state index contributed by atoms with van der Waals surface area (Å²) >= 11 is 0. The third kappa shape index (κ3) is 6.36. The number of hydrogen-bond acceptors (Lipinski definition) is 5. The summed E-state index contributed by atoms with van der Waals surface area (Å²) in [6.45, 7) is 2.76. The second-order valence-electron chi connectivity index (χ2n) is 7.84. The minimum absolute atomic E-state index is 0.0258. The van der Waals surface area contributed by atoms with Gasteiger partial charge < -0.3 is 4.74 Å². The number of H-pyrrole nitrogens is 1. The lowest BCUT2D eigenvalue weighted by molar-refractivity contribution is 0.0818. The van der Waals surface area contributed by atoms with Gasteiger partial charge >= 0.3 is 5.69 Å². The first-order valence-electron chi connectivity index (χ1n) is 9.90. The summed E-state index contributed by atoms with van der Waals surface area (Å²) < 4.78 is 59.4. The van der Waals surface area contributed by atoms with E-state index < -0.39 is 39.8 Å². The van der Waals surface area contributed by atoms with Crippen molar-refractivity contribution in [3.63, 3.8) is 0 Å². The van der Waals surface area contributed by atoms with Crippen molar-refractivity contribution in [1.29, 1.82) is 0 Å². The Morgan fingerprint density at radius 2 is 1.79 bits per heavy atom. The topological polar surface area (TPSA) is 110 Å². The van der Waals surface area contributed by atoms with Crippen LogP contribution in [0.2, 0.25) is 0 Å². The normalized spacial score (nSPS) is 12.2. The molecule has 0 amide bonds. The first-order valence-corrected chi connectivity index (χ1v) is 11.4. The molecule has 0 unspecified atom stereocenters. The van der Waals surface area contributed by atoms with Crippen LogP contribution in [0.25, 0.3) is 0 Å². The lowest BCUT2D eigenvalue weighted by Crippen LogP contribution is -2.40. The van der Waals surface area contributed by atoms with E-state index in [0.29, 0.717) is 5.56 Å². The van der Waals surface area contributed by atoms with Gasteiger partial charge in [0, 0.05) is 18.3 Å². The van der Waals surface area contributed by atoms with Gasteiger partial charge in [0.25, 0.3) is 12.0 Å². The molecule has 0 radical (unpaired) electrons. The zero-order valence-electron chi connectivity index (χ0n) is 17.9. The van der Waals surface area contributed by atoms with Crippen LogP contribution in [0.3, 0.4) is 0 Å². The molecule has 2 aromatic carbocycles. The average molecular weight is 480 g/mol. The molecule has 1 heterocycles. The van der Waals surface area contributed by atoms with Crippen molar-refractivity contribution in [3.8, 4) is 5.75 Å². The Labute approximate surface area is 188 Å². The maximum absolute atomic E-state index is 12.9. The van der Waals surface area contributed by atoms with Gasteiger partial charge in [0.1, 0.15) is 12.4 Å². The van der Waals surface area contributed by atoms with Crippen molar-refractivity contribution in [1.82, 2.24) is 14.3 Å². The molecule has 0 aliphatic carbocycles. The molecule has 0 bridgehead atoms. The molecular formula is C22H23F2N3O5S. The molecule has 3 aromatic rings. The van der Waals surface area contributed by atoms with Gasteiger partial charge in [0.15, 0.2) is 0 Å². The molecule has 0 saturated heterocycles. The van der Waals surface area contributed by atoms with E-state index in [4.69, 9.17) is 4.74 Å². The van der Waals surface area contributed by atoms with Crippen LogP contribution in [0.5, 0.6) is 5.75 Å². The van der Waals surface area contributed by atoms with Gasteiger partial charge in [-0.3, -0.25) is 14.3 Å². The number of nitrogens with zero attached hydrogens (tertiary/aromatic N) is 1. The van der Waals surface area contributed by atoms with E-state index >= 15 is 0 Å². The maximum atomic E-state index is 12.9. The Balaban J connectivity index is 1.76. The summed E-state index contributed by atoms with van der Waals surface area (Å²) in [5.74, 6) is 0.0258. The standard InChI is InChI=1S/C22H23F2N3O5S/c1-22(2,26-33(30,31)18-5-3-4-17(12-18)32-14-19(23)24)16-8-6-15(7-9-16)13-27-11-10-20(28)25-21(27)29/h3-12,19,26H,13-14H2,1-2H3,(H,25,28,29). The number of rotatable bonds is 9. The molecule has 0 atom stereocenters. The Hall–Kier alpha value is -3.31. The molecule has 0 spiro atoms. The largest absolute Gasteiger partial charge is 0.488 e. The molecule has 33 heavy (non-hydrogen) atoms. The highest BCUT2D eigenvalue weighted by atomic mass is 32.2. The van der Waals surface area contributed by atoms with E-state index in [0.717, 1.165) is 5.56 Å². The third-order valence-electron chi connectivity index (χ3n) is 4.81. The van der Waals surface area contributed by atoms with Crippen LogP contribution in [-0.4, -0.2) is 31.0 Å². The quantitative estimate of drug-likeness (QED) is 0.490.